The molecule has 0 spiro atoms. The van der Waals surface area contributed by atoms with Gasteiger partial charge in [0, 0.05) is 0 Å². The lowest BCUT2D eigenvalue weighted by molar-refractivity contribution is 0.0662. The summed E-state index contributed by atoms with van der Waals surface area (Å²) >= 11 is 0. The van der Waals surface area contributed by atoms with E-state index in [1.807, 2.05) is 6.92 Å². The summed E-state index contributed by atoms with van der Waals surface area (Å²) in [6.45, 7) is 1.82. The second-order valence-corrected chi connectivity index (χ2v) is 3.99. The van der Waals surface area contributed by atoms with Crippen molar-refractivity contribution < 1.29 is 23.8 Å². The Labute approximate surface area is 116 Å². The number of benzene rings is 1. The zero-order valence-electron chi connectivity index (χ0n) is 11.5. The van der Waals surface area contributed by atoms with Gasteiger partial charge in [-0.2, -0.15) is 0 Å². The van der Waals surface area contributed by atoms with Crippen molar-refractivity contribution in [2.75, 3.05) is 14.2 Å². The van der Waals surface area contributed by atoms with E-state index in [2.05, 4.69) is 4.98 Å². The molecule has 20 heavy (non-hydrogen) atoms. The number of rotatable bonds is 5. The zero-order valence-corrected chi connectivity index (χ0v) is 11.5. The maximum absolute atomic E-state index is 11.1. The second kappa shape index (κ2) is 5.64. The van der Waals surface area contributed by atoms with E-state index in [-0.39, 0.29) is 11.7 Å². The first-order chi connectivity index (χ1) is 9.62. The van der Waals surface area contributed by atoms with Gasteiger partial charge in [-0.1, -0.05) is 13.0 Å². The summed E-state index contributed by atoms with van der Waals surface area (Å²) in [4.78, 5) is 15.3. The summed E-state index contributed by atoms with van der Waals surface area (Å²) < 4.78 is 15.8. The molecule has 0 bridgehead atoms. The number of hydrogen-bond donors (Lipinski definition) is 1. The van der Waals surface area contributed by atoms with Gasteiger partial charge in [0.05, 0.1) is 25.5 Å². The van der Waals surface area contributed by atoms with Crippen molar-refractivity contribution in [2.45, 2.75) is 13.3 Å². The van der Waals surface area contributed by atoms with E-state index in [1.54, 1.807) is 18.2 Å². The van der Waals surface area contributed by atoms with Gasteiger partial charge in [-0.25, -0.2) is 9.78 Å². The van der Waals surface area contributed by atoms with E-state index in [4.69, 9.17) is 19.0 Å². The minimum atomic E-state index is -1.14. The standard InChI is InChI=1S/C14H15NO5/c1-4-9-12(14(16)17)20-13(15-9)8-6-5-7-10(18-2)11(8)19-3/h5-7H,4H2,1-3H3,(H,16,17). The van der Waals surface area contributed by atoms with Crippen LogP contribution in [0.15, 0.2) is 22.6 Å². The number of carbonyl (C=O) groups is 1. The highest BCUT2D eigenvalue weighted by molar-refractivity contribution is 5.86. The quantitative estimate of drug-likeness (QED) is 0.904. The number of ether oxygens (including phenoxy) is 2. The monoisotopic (exact) mass is 277 g/mol. The Morgan fingerprint density at radius 1 is 1.35 bits per heavy atom. The first kappa shape index (κ1) is 13.9. The van der Waals surface area contributed by atoms with Crippen LogP contribution >= 0.6 is 0 Å². The van der Waals surface area contributed by atoms with Gasteiger partial charge in [-0.3, -0.25) is 0 Å². The van der Waals surface area contributed by atoms with Gasteiger partial charge >= 0.3 is 5.97 Å². The third-order valence-corrected chi connectivity index (χ3v) is 2.86. The van der Waals surface area contributed by atoms with Gasteiger partial charge < -0.3 is 19.0 Å². The molecule has 0 radical (unpaired) electrons. The number of aromatic nitrogens is 1. The lowest BCUT2D eigenvalue weighted by Gasteiger charge is -2.09. The SMILES string of the molecule is CCc1nc(-c2cccc(OC)c2OC)oc1C(=O)O. The number of oxazole rings is 1. The van der Waals surface area contributed by atoms with E-state index >= 15 is 0 Å². The molecule has 2 aromatic rings. The minimum Gasteiger partial charge on any atom is -0.493 e. The van der Waals surface area contributed by atoms with Crippen molar-refractivity contribution in [3.05, 3.63) is 29.7 Å². The Balaban J connectivity index is 2.60. The lowest BCUT2D eigenvalue weighted by atomic mass is 10.2. The Morgan fingerprint density at radius 3 is 2.60 bits per heavy atom. The number of aryl methyl sites for hydroxylation is 1. The molecule has 0 saturated heterocycles. The molecule has 0 aliphatic rings. The molecule has 2 rings (SSSR count). The van der Waals surface area contributed by atoms with Crippen molar-refractivity contribution in [2.24, 2.45) is 0 Å². The van der Waals surface area contributed by atoms with Crippen molar-refractivity contribution in [3.63, 3.8) is 0 Å². The highest BCUT2D eigenvalue weighted by Gasteiger charge is 2.22. The normalized spacial score (nSPS) is 10.3. The summed E-state index contributed by atoms with van der Waals surface area (Å²) in [6, 6.07) is 5.23. The summed E-state index contributed by atoms with van der Waals surface area (Å²) in [5, 5.41) is 9.09. The summed E-state index contributed by atoms with van der Waals surface area (Å²) in [5.41, 5.74) is 0.950. The minimum absolute atomic E-state index is 0.146. The van der Waals surface area contributed by atoms with Gasteiger partial charge in [0.2, 0.25) is 11.7 Å². The predicted molar refractivity (Wildman–Crippen MR) is 71.4 cm³/mol. The fourth-order valence-corrected chi connectivity index (χ4v) is 1.93. The molecule has 1 aromatic carbocycles. The molecule has 106 valence electrons. The van der Waals surface area contributed by atoms with Crippen molar-refractivity contribution >= 4 is 5.97 Å². The highest BCUT2D eigenvalue weighted by atomic mass is 16.5. The van der Waals surface area contributed by atoms with E-state index < -0.39 is 5.97 Å². The largest absolute Gasteiger partial charge is 0.493 e. The number of methoxy groups -OCH3 is 2. The van der Waals surface area contributed by atoms with Crippen LogP contribution in [0.5, 0.6) is 11.5 Å². The Bertz CT molecular complexity index is 632. The van der Waals surface area contributed by atoms with E-state index in [9.17, 15) is 4.79 Å². The topological polar surface area (TPSA) is 81.8 Å². The van der Waals surface area contributed by atoms with Gasteiger partial charge in [0.25, 0.3) is 0 Å². The number of para-hydroxylation sites is 1. The highest BCUT2D eigenvalue weighted by Crippen LogP contribution is 2.37. The van der Waals surface area contributed by atoms with Gasteiger partial charge in [0.15, 0.2) is 11.5 Å². The van der Waals surface area contributed by atoms with Crippen LogP contribution < -0.4 is 9.47 Å². The molecule has 0 atom stereocenters. The lowest BCUT2D eigenvalue weighted by Crippen LogP contribution is -1.98. The molecule has 6 nitrogen and oxygen atoms in total. The Kier molecular flexibility index (Phi) is 3.93. The van der Waals surface area contributed by atoms with E-state index in [1.165, 1.54) is 14.2 Å². The summed E-state index contributed by atoms with van der Waals surface area (Å²) in [6.07, 6.45) is 0.470. The number of carboxylic acids is 1. The fourth-order valence-electron chi connectivity index (χ4n) is 1.93. The molecule has 1 heterocycles. The van der Waals surface area contributed by atoms with Crippen LogP contribution in [0.4, 0.5) is 0 Å². The van der Waals surface area contributed by atoms with Crippen LogP contribution in [-0.2, 0) is 6.42 Å². The fraction of sp³-hybridized carbons (Fsp3) is 0.286. The predicted octanol–water partition coefficient (Wildman–Crippen LogP) is 2.62. The molecule has 0 unspecified atom stereocenters. The van der Waals surface area contributed by atoms with Crippen LogP contribution in [0, 0.1) is 0 Å². The van der Waals surface area contributed by atoms with Gasteiger partial charge in [0.1, 0.15) is 0 Å². The van der Waals surface area contributed by atoms with Gasteiger partial charge in [-0.05, 0) is 18.6 Å². The summed E-state index contributed by atoms with van der Waals surface area (Å²) in [7, 11) is 3.03. The third-order valence-electron chi connectivity index (χ3n) is 2.86. The van der Waals surface area contributed by atoms with Gasteiger partial charge in [-0.15, -0.1) is 0 Å². The molecule has 0 fully saturated rings. The van der Waals surface area contributed by atoms with Crippen LogP contribution in [0.1, 0.15) is 23.2 Å². The molecule has 0 aliphatic carbocycles. The number of carboxylic acid groups (broad SMARTS) is 1. The average Bonchev–Trinajstić information content (AvgIpc) is 2.90. The maximum Gasteiger partial charge on any atom is 0.373 e. The summed E-state index contributed by atoms with van der Waals surface area (Å²) in [5.74, 6) is -0.0983. The molecule has 1 aromatic heterocycles. The van der Waals surface area contributed by atoms with Crippen molar-refractivity contribution in [1.29, 1.82) is 0 Å². The number of nitrogens with zero attached hydrogens (tertiary/aromatic N) is 1. The van der Waals surface area contributed by atoms with Crippen LogP contribution in [0.3, 0.4) is 0 Å². The number of hydrogen-bond acceptors (Lipinski definition) is 5. The average molecular weight is 277 g/mol. The smallest absolute Gasteiger partial charge is 0.373 e. The van der Waals surface area contributed by atoms with Crippen LogP contribution in [0.25, 0.3) is 11.5 Å². The third kappa shape index (κ3) is 2.32. The molecule has 6 heteroatoms. The Hall–Kier alpha value is -2.50. The van der Waals surface area contributed by atoms with Crippen molar-refractivity contribution in [1.82, 2.24) is 4.98 Å². The molecular weight excluding hydrogens is 262 g/mol. The molecule has 0 aliphatic heterocycles. The van der Waals surface area contributed by atoms with E-state index in [0.29, 0.717) is 29.2 Å². The maximum atomic E-state index is 11.1. The van der Waals surface area contributed by atoms with Crippen LogP contribution in [-0.4, -0.2) is 30.3 Å². The first-order valence-corrected chi connectivity index (χ1v) is 6.06. The molecule has 0 amide bonds. The van der Waals surface area contributed by atoms with Crippen molar-refractivity contribution in [3.8, 4) is 23.0 Å². The van der Waals surface area contributed by atoms with Crippen LogP contribution in [0.2, 0.25) is 0 Å². The van der Waals surface area contributed by atoms with E-state index in [0.717, 1.165) is 0 Å². The molecular formula is C14H15NO5. The molecule has 1 N–H and O–H groups in total. The Morgan fingerprint density at radius 2 is 2.10 bits per heavy atom. The first-order valence-electron chi connectivity index (χ1n) is 6.06. The molecule has 0 saturated carbocycles. The zero-order chi connectivity index (χ0) is 14.7. The number of aromatic carboxylic acids is 1. The second-order valence-electron chi connectivity index (χ2n) is 3.99.